The molecule has 1 saturated heterocycles. The zero-order valence-corrected chi connectivity index (χ0v) is 9.66. The summed E-state index contributed by atoms with van der Waals surface area (Å²) in [5.41, 5.74) is 0. The number of piperidine rings is 1. The van der Waals surface area contributed by atoms with Gasteiger partial charge in [-0.2, -0.15) is 0 Å². The summed E-state index contributed by atoms with van der Waals surface area (Å²) in [7, 11) is 0. The van der Waals surface area contributed by atoms with Crippen LogP contribution in [-0.4, -0.2) is 12.6 Å². The Morgan fingerprint density at radius 3 is 2.79 bits per heavy atom. The molecule has 1 nitrogen and oxygen atoms in total. The molecule has 0 radical (unpaired) electrons. The second-order valence-electron chi connectivity index (χ2n) is 5.35. The zero-order chi connectivity index (χ0) is 10.1. The van der Waals surface area contributed by atoms with Crippen molar-refractivity contribution in [2.24, 2.45) is 23.7 Å². The van der Waals surface area contributed by atoms with Gasteiger partial charge in [0.15, 0.2) is 0 Å². The number of hydrogen-bond donors (Lipinski definition) is 1. The molecule has 0 amide bonds. The molecule has 0 aromatic heterocycles. The van der Waals surface area contributed by atoms with Gasteiger partial charge in [-0.15, -0.1) is 0 Å². The topological polar surface area (TPSA) is 12.0 Å². The molecule has 0 bridgehead atoms. The molecular weight excluding hydrogens is 170 g/mol. The first-order chi connectivity index (χ1) is 6.70. The monoisotopic (exact) mass is 193 g/mol. The molecule has 1 heteroatoms. The van der Waals surface area contributed by atoms with Crippen molar-refractivity contribution in [2.75, 3.05) is 6.54 Å². The van der Waals surface area contributed by atoms with Crippen molar-refractivity contribution >= 4 is 0 Å². The van der Waals surface area contributed by atoms with Crippen LogP contribution in [0.3, 0.4) is 0 Å². The molecule has 0 saturated carbocycles. The summed E-state index contributed by atoms with van der Waals surface area (Å²) in [4.78, 5) is 0. The van der Waals surface area contributed by atoms with Gasteiger partial charge in [0.25, 0.3) is 0 Å². The van der Waals surface area contributed by atoms with Crippen LogP contribution in [0.2, 0.25) is 0 Å². The highest BCUT2D eigenvalue weighted by molar-refractivity contribution is 5.09. The summed E-state index contributed by atoms with van der Waals surface area (Å²) in [5.74, 6) is 3.35. The van der Waals surface area contributed by atoms with E-state index in [0.29, 0.717) is 6.04 Å². The fourth-order valence-corrected chi connectivity index (χ4v) is 3.28. The SMILES string of the molecule is CC(C)[C@H]1C=CC2NCCCC2C1C. The maximum absolute atomic E-state index is 3.62. The summed E-state index contributed by atoms with van der Waals surface area (Å²) in [5, 5.41) is 3.62. The third kappa shape index (κ3) is 1.75. The van der Waals surface area contributed by atoms with Crippen molar-refractivity contribution in [3.05, 3.63) is 12.2 Å². The molecule has 1 N–H and O–H groups in total. The van der Waals surface area contributed by atoms with Crippen LogP contribution in [0, 0.1) is 23.7 Å². The average molecular weight is 193 g/mol. The summed E-state index contributed by atoms with van der Waals surface area (Å²) in [6, 6.07) is 0.675. The van der Waals surface area contributed by atoms with Crippen molar-refractivity contribution in [1.29, 1.82) is 0 Å². The molecule has 0 aromatic carbocycles. The van der Waals surface area contributed by atoms with Gasteiger partial charge < -0.3 is 5.32 Å². The van der Waals surface area contributed by atoms with Crippen LogP contribution in [-0.2, 0) is 0 Å². The Bertz CT molecular complexity index is 219. The highest BCUT2D eigenvalue weighted by atomic mass is 14.9. The zero-order valence-electron chi connectivity index (χ0n) is 9.66. The Balaban J connectivity index is 2.13. The Hall–Kier alpha value is -0.300. The minimum absolute atomic E-state index is 0.675. The summed E-state index contributed by atoms with van der Waals surface area (Å²) < 4.78 is 0. The molecule has 1 aliphatic heterocycles. The lowest BCUT2D eigenvalue weighted by atomic mass is 9.68. The standard InChI is InChI=1S/C13H23N/c1-9(2)11-6-7-13-12(10(11)3)5-4-8-14-13/h6-7,9-14H,4-5,8H2,1-3H3/t10?,11-,12?,13?/m1/s1. The van der Waals surface area contributed by atoms with E-state index in [1.807, 2.05) is 0 Å². The number of hydrogen-bond acceptors (Lipinski definition) is 1. The first-order valence-electron chi connectivity index (χ1n) is 6.12. The molecular formula is C13H23N. The van der Waals surface area contributed by atoms with E-state index < -0.39 is 0 Å². The molecule has 2 aliphatic rings. The fraction of sp³-hybridized carbons (Fsp3) is 0.846. The smallest absolute Gasteiger partial charge is 0.0281 e. The maximum atomic E-state index is 3.62. The predicted molar refractivity (Wildman–Crippen MR) is 61.1 cm³/mol. The molecule has 1 heterocycles. The quantitative estimate of drug-likeness (QED) is 0.631. The van der Waals surface area contributed by atoms with Crippen molar-refractivity contribution in [2.45, 2.75) is 39.7 Å². The van der Waals surface area contributed by atoms with Gasteiger partial charge in [0.2, 0.25) is 0 Å². The van der Waals surface area contributed by atoms with Gasteiger partial charge in [-0.3, -0.25) is 0 Å². The van der Waals surface area contributed by atoms with E-state index in [-0.39, 0.29) is 0 Å². The molecule has 0 aromatic rings. The van der Waals surface area contributed by atoms with Crippen molar-refractivity contribution < 1.29 is 0 Å². The number of fused-ring (bicyclic) bond motifs is 1. The van der Waals surface area contributed by atoms with E-state index in [1.54, 1.807) is 0 Å². The number of nitrogens with one attached hydrogen (secondary N) is 1. The van der Waals surface area contributed by atoms with Gasteiger partial charge in [0.05, 0.1) is 0 Å². The summed E-state index contributed by atoms with van der Waals surface area (Å²) in [6.45, 7) is 8.35. The molecule has 80 valence electrons. The van der Waals surface area contributed by atoms with E-state index >= 15 is 0 Å². The summed E-state index contributed by atoms with van der Waals surface area (Å²) >= 11 is 0. The van der Waals surface area contributed by atoms with Gasteiger partial charge in [-0.05, 0) is 43.1 Å². The molecule has 1 aliphatic carbocycles. The second kappa shape index (κ2) is 4.06. The Morgan fingerprint density at radius 1 is 1.29 bits per heavy atom. The first-order valence-corrected chi connectivity index (χ1v) is 6.12. The molecule has 1 fully saturated rings. The second-order valence-corrected chi connectivity index (χ2v) is 5.35. The van der Waals surface area contributed by atoms with Crippen molar-refractivity contribution in [1.82, 2.24) is 5.32 Å². The van der Waals surface area contributed by atoms with Crippen LogP contribution in [0.4, 0.5) is 0 Å². The Morgan fingerprint density at radius 2 is 2.07 bits per heavy atom. The van der Waals surface area contributed by atoms with Crippen LogP contribution in [0.25, 0.3) is 0 Å². The maximum Gasteiger partial charge on any atom is 0.0281 e. The van der Waals surface area contributed by atoms with Gasteiger partial charge >= 0.3 is 0 Å². The molecule has 3 unspecified atom stereocenters. The van der Waals surface area contributed by atoms with E-state index in [0.717, 1.165) is 23.7 Å². The highest BCUT2D eigenvalue weighted by Crippen LogP contribution is 2.38. The van der Waals surface area contributed by atoms with E-state index in [9.17, 15) is 0 Å². The minimum atomic E-state index is 0.675. The van der Waals surface area contributed by atoms with Gasteiger partial charge in [-0.1, -0.05) is 32.9 Å². The first kappa shape index (κ1) is 10.2. The van der Waals surface area contributed by atoms with Crippen LogP contribution >= 0.6 is 0 Å². The minimum Gasteiger partial charge on any atom is -0.310 e. The molecule has 0 spiro atoms. The van der Waals surface area contributed by atoms with Gasteiger partial charge in [0, 0.05) is 6.04 Å². The molecule has 14 heavy (non-hydrogen) atoms. The van der Waals surface area contributed by atoms with Crippen LogP contribution < -0.4 is 5.32 Å². The van der Waals surface area contributed by atoms with Crippen LogP contribution in [0.15, 0.2) is 12.2 Å². The fourth-order valence-electron chi connectivity index (χ4n) is 3.28. The average Bonchev–Trinajstić information content (AvgIpc) is 2.18. The lowest BCUT2D eigenvalue weighted by Crippen LogP contribution is -2.46. The van der Waals surface area contributed by atoms with Gasteiger partial charge in [0.1, 0.15) is 0 Å². The highest BCUT2D eigenvalue weighted by Gasteiger charge is 2.35. The van der Waals surface area contributed by atoms with Crippen molar-refractivity contribution in [3.8, 4) is 0 Å². The number of allylic oxidation sites excluding steroid dienone is 1. The largest absolute Gasteiger partial charge is 0.310 e. The summed E-state index contributed by atoms with van der Waals surface area (Å²) in [6.07, 6.45) is 7.67. The van der Waals surface area contributed by atoms with Crippen molar-refractivity contribution in [3.63, 3.8) is 0 Å². The predicted octanol–water partition coefficient (Wildman–Crippen LogP) is 2.83. The molecule has 4 atom stereocenters. The Labute approximate surface area is 88.0 Å². The van der Waals surface area contributed by atoms with Gasteiger partial charge in [-0.25, -0.2) is 0 Å². The third-order valence-corrected chi connectivity index (χ3v) is 4.15. The normalized spacial score (nSPS) is 42.6. The lowest BCUT2D eigenvalue weighted by Gasteiger charge is -2.42. The van der Waals surface area contributed by atoms with Crippen LogP contribution in [0.5, 0.6) is 0 Å². The lowest BCUT2D eigenvalue weighted by molar-refractivity contribution is 0.158. The third-order valence-electron chi connectivity index (χ3n) is 4.15. The Kier molecular flexibility index (Phi) is 2.96. The van der Waals surface area contributed by atoms with E-state index in [2.05, 4.69) is 38.2 Å². The number of rotatable bonds is 1. The van der Waals surface area contributed by atoms with Crippen LogP contribution in [0.1, 0.15) is 33.6 Å². The van der Waals surface area contributed by atoms with E-state index in [4.69, 9.17) is 0 Å². The van der Waals surface area contributed by atoms with E-state index in [1.165, 1.54) is 19.4 Å². The molecule has 2 rings (SSSR count).